The van der Waals surface area contributed by atoms with Gasteiger partial charge in [0.15, 0.2) is 0 Å². The van der Waals surface area contributed by atoms with Gasteiger partial charge in [-0.05, 0) is 58.5 Å². The number of nitrogens with zero attached hydrogens (tertiary/aromatic N) is 2. The quantitative estimate of drug-likeness (QED) is 0.353. The summed E-state index contributed by atoms with van der Waals surface area (Å²) < 4.78 is 5.29. The van der Waals surface area contributed by atoms with Crippen molar-refractivity contribution in [3.8, 4) is 0 Å². The molecule has 0 aromatic rings. The molecule has 2 aliphatic rings. The molecule has 0 bridgehead atoms. The molecule has 0 atom stereocenters. The maximum atomic E-state index is 10.2. The second kappa shape index (κ2) is 18.3. The molecular formula is C25H54N4O3. The van der Waals surface area contributed by atoms with E-state index in [1.165, 1.54) is 43.8 Å². The minimum absolute atomic E-state index is 0.135. The van der Waals surface area contributed by atoms with Gasteiger partial charge in [0.05, 0.1) is 6.61 Å². The Kier molecular flexibility index (Phi) is 18.9. The Labute approximate surface area is 198 Å². The maximum Gasteiger partial charge on any atom is 0.129 e. The first-order valence-corrected chi connectivity index (χ1v) is 12.3. The van der Waals surface area contributed by atoms with E-state index in [1.54, 1.807) is 20.2 Å². The molecule has 2 rings (SSSR count). The number of nitrogens with two attached hydrogens (primary N) is 2. The molecule has 2 saturated heterocycles. The van der Waals surface area contributed by atoms with E-state index in [-0.39, 0.29) is 12.0 Å². The Morgan fingerprint density at radius 2 is 1.78 bits per heavy atom. The molecule has 2 fully saturated rings. The normalized spacial score (nSPS) is 17.1. The minimum Gasteiger partial charge on any atom is -0.400 e. The van der Waals surface area contributed by atoms with E-state index in [2.05, 4.69) is 11.8 Å². The van der Waals surface area contributed by atoms with Crippen LogP contribution in [0.15, 0.2) is 11.9 Å². The minimum atomic E-state index is -0.192. The number of hydrogen-bond donors (Lipinski definition) is 3. The largest absolute Gasteiger partial charge is 0.400 e. The summed E-state index contributed by atoms with van der Waals surface area (Å²) in [7, 11) is 3.53. The van der Waals surface area contributed by atoms with Crippen molar-refractivity contribution in [1.82, 2.24) is 9.91 Å². The van der Waals surface area contributed by atoms with Crippen molar-refractivity contribution in [3.05, 3.63) is 11.9 Å². The highest BCUT2D eigenvalue weighted by Gasteiger charge is 2.43. The third-order valence-corrected chi connectivity index (χ3v) is 5.97. The number of ether oxygens (including phenoxy) is 1. The molecule has 7 heteroatoms. The van der Waals surface area contributed by atoms with Crippen molar-refractivity contribution >= 4 is 5.78 Å². The average Bonchev–Trinajstić information content (AvgIpc) is 3.28. The first kappa shape index (κ1) is 33.0. The molecule has 5 N–H and O–H groups in total. The zero-order valence-electron chi connectivity index (χ0n) is 22.4. The monoisotopic (exact) mass is 458 g/mol. The Morgan fingerprint density at radius 1 is 1.25 bits per heavy atom. The highest BCUT2D eigenvalue weighted by Crippen LogP contribution is 2.38. The molecule has 0 unspecified atom stereocenters. The SMILES string of the molecule is CC.CCCCC(C)=O.CN(N)/C=C(\N)C(C)(C)CCO.COCC12CCCN1CCC2. The highest BCUT2D eigenvalue weighted by atomic mass is 16.5. The van der Waals surface area contributed by atoms with Gasteiger partial charge < -0.3 is 25.4 Å². The molecule has 2 heterocycles. The van der Waals surface area contributed by atoms with Crippen LogP contribution in [0.3, 0.4) is 0 Å². The summed E-state index contributed by atoms with van der Waals surface area (Å²) >= 11 is 0. The lowest BCUT2D eigenvalue weighted by Crippen LogP contribution is -2.42. The Morgan fingerprint density at radius 3 is 2.12 bits per heavy atom. The molecule has 0 spiro atoms. The van der Waals surface area contributed by atoms with Crippen molar-refractivity contribution in [1.29, 1.82) is 0 Å². The number of fused-ring (bicyclic) bond motifs is 1. The zero-order valence-corrected chi connectivity index (χ0v) is 22.4. The first-order chi connectivity index (χ1) is 15.0. The predicted molar refractivity (Wildman–Crippen MR) is 136 cm³/mol. The summed E-state index contributed by atoms with van der Waals surface area (Å²) in [6.07, 6.45) is 10.7. The van der Waals surface area contributed by atoms with Gasteiger partial charge in [0.1, 0.15) is 5.78 Å². The van der Waals surface area contributed by atoms with Crippen molar-refractivity contribution in [2.75, 3.05) is 40.5 Å². The number of hydrazine groups is 1. The lowest BCUT2D eigenvalue weighted by Gasteiger charge is -2.30. The van der Waals surface area contributed by atoms with E-state index >= 15 is 0 Å². The molecule has 0 aromatic heterocycles. The standard InChI is InChI=1S/C9H17NO.C8H19N3O.C6H12O.C2H6/c1-11-8-9-4-2-6-10(9)7-3-5-9;1-8(2,4-5-12)7(9)6-11(3)10;1-3-4-5-6(2)7;1-2/h2-8H2,1H3;6,12H,4-5,9-10H2,1-3H3;3-5H2,1-2H3;1-2H3/b;7-6-;;. The fourth-order valence-electron chi connectivity index (χ4n) is 3.97. The molecule has 2 aliphatic heterocycles. The van der Waals surface area contributed by atoms with Crippen LogP contribution in [-0.2, 0) is 9.53 Å². The fraction of sp³-hybridized carbons (Fsp3) is 0.880. The molecule has 7 nitrogen and oxygen atoms in total. The van der Waals surface area contributed by atoms with Gasteiger partial charge in [0.2, 0.25) is 0 Å². The van der Waals surface area contributed by atoms with Crippen molar-refractivity contribution in [2.45, 2.75) is 98.4 Å². The molecule has 32 heavy (non-hydrogen) atoms. The van der Waals surface area contributed by atoms with Crippen LogP contribution in [0.2, 0.25) is 0 Å². The van der Waals surface area contributed by atoms with Gasteiger partial charge in [-0.1, -0.05) is 41.0 Å². The van der Waals surface area contributed by atoms with Gasteiger partial charge in [0, 0.05) is 50.0 Å². The molecule has 0 aromatic carbocycles. The number of hydrogen-bond acceptors (Lipinski definition) is 7. The number of ketones is 1. The topological polar surface area (TPSA) is 105 Å². The smallest absolute Gasteiger partial charge is 0.129 e. The van der Waals surface area contributed by atoms with Gasteiger partial charge in [-0.2, -0.15) is 0 Å². The third kappa shape index (κ3) is 13.4. The molecule has 0 saturated carbocycles. The Bertz CT molecular complexity index is 497. The Balaban J connectivity index is 0. The average molecular weight is 459 g/mol. The van der Waals surface area contributed by atoms with E-state index in [9.17, 15) is 4.79 Å². The van der Waals surface area contributed by atoms with Gasteiger partial charge in [0.25, 0.3) is 0 Å². The number of allylic oxidation sites excluding steroid dienone is 1. The van der Waals surface area contributed by atoms with Crippen molar-refractivity contribution < 1.29 is 14.6 Å². The summed E-state index contributed by atoms with van der Waals surface area (Å²) in [6.45, 7) is 15.4. The molecular weight excluding hydrogens is 404 g/mol. The zero-order chi connectivity index (χ0) is 25.2. The molecule has 0 aliphatic carbocycles. The second-order valence-electron chi connectivity index (χ2n) is 9.26. The number of aliphatic hydroxyl groups excluding tert-OH is 1. The molecule has 0 radical (unpaired) electrons. The van der Waals surface area contributed by atoms with Crippen LogP contribution in [0.5, 0.6) is 0 Å². The number of Topliss-reactive ketones (excluding diaryl/α,β-unsaturated/α-hetero) is 1. The van der Waals surface area contributed by atoms with Crippen LogP contribution in [-0.4, -0.2) is 66.8 Å². The van der Waals surface area contributed by atoms with Crippen LogP contribution in [0, 0.1) is 5.41 Å². The summed E-state index contributed by atoms with van der Waals surface area (Å²) in [5, 5.41) is 10.2. The van der Waals surface area contributed by atoms with E-state index < -0.39 is 0 Å². The summed E-state index contributed by atoms with van der Waals surface area (Å²) in [6, 6.07) is 0. The van der Waals surface area contributed by atoms with E-state index in [0.717, 1.165) is 25.9 Å². The lowest BCUT2D eigenvalue weighted by atomic mass is 9.86. The number of aliphatic hydroxyl groups is 1. The van der Waals surface area contributed by atoms with Gasteiger partial charge >= 0.3 is 0 Å². The maximum absolute atomic E-state index is 10.2. The van der Waals surface area contributed by atoms with Crippen LogP contribution < -0.4 is 11.6 Å². The number of methoxy groups -OCH3 is 1. The van der Waals surface area contributed by atoms with Crippen LogP contribution in [0.25, 0.3) is 0 Å². The molecule has 0 amide bonds. The predicted octanol–water partition coefficient (Wildman–Crippen LogP) is 4.05. The summed E-state index contributed by atoms with van der Waals surface area (Å²) in [5.41, 5.74) is 6.72. The highest BCUT2D eigenvalue weighted by molar-refractivity contribution is 5.75. The number of rotatable bonds is 9. The van der Waals surface area contributed by atoms with Crippen LogP contribution >= 0.6 is 0 Å². The molecule has 192 valence electrons. The van der Waals surface area contributed by atoms with Crippen LogP contribution in [0.1, 0.15) is 92.9 Å². The number of unbranched alkanes of at least 4 members (excludes halogenated alkanes) is 1. The van der Waals surface area contributed by atoms with Crippen LogP contribution in [0.4, 0.5) is 0 Å². The first-order valence-electron chi connectivity index (χ1n) is 12.3. The van der Waals surface area contributed by atoms with E-state index in [1.807, 2.05) is 34.8 Å². The summed E-state index contributed by atoms with van der Waals surface area (Å²) in [5.74, 6) is 5.71. The van der Waals surface area contributed by atoms with E-state index in [0.29, 0.717) is 23.4 Å². The van der Waals surface area contributed by atoms with Gasteiger partial charge in [-0.15, -0.1) is 0 Å². The third-order valence-electron chi connectivity index (χ3n) is 5.97. The fourth-order valence-corrected chi connectivity index (χ4v) is 3.97. The Hall–Kier alpha value is -1.15. The summed E-state index contributed by atoms with van der Waals surface area (Å²) in [4.78, 5) is 12.8. The lowest BCUT2D eigenvalue weighted by molar-refractivity contribution is -0.117. The van der Waals surface area contributed by atoms with Crippen molar-refractivity contribution in [3.63, 3.8) is 0 Å². The van der Waals surface area contributed by atoms with Gasteiger partial charge in [-0.3, -0.25) is 4.90 Å². The number of carbonyl (C=O) groups is 1. The number of carbonyl (C=O) groups excluding carboxylic acids is 1. The second-order valence-corrected chi connectivity index (χ2v) is 9.26. The van der Waals surface area contributed by atoms with E-state index in [4.69, 9.17) is 21.4 Å². The van der Waals surface area contributed by atoms with Gasteiger partial charge in [-0.25, -0.2) is 5.84 Å². The van der Waals surface area contributed by atoms with Crippen molar-refractivity contribution in [2.24, 2.45) is 17.0 Å².